The van der Waals surface area contributed by atoms with Crippen molar-refractivity contribution in [3.05, 3.63) is 41.1 Å². The number of nitrogens with one attached hydrogen (secondary N) is 1. The highest BCUT2D eigenvalue weighted by Gasteiger charge is 2.15. The van der Waals surface area contributed by atoms with Gasteiger partial charge in [0.1, 0.15) is 5.82 Å². The number of benzene rings is 1. The summed E-state index contributed by atoms with van der Waals surface area (Å²) < 4.78 is 19.4. The molecule has 1 aromatic heterocycles. The molecule has 0 fully saturated rings. The van der Waals surface area contributed by atoms with E-state index in [1.807, 2.05) is 6.92 Å². The first-order chi connectivity index (χ1) is 9.11. The van der Waals surface area contributed by atoms with Crippen molar-refractivity contribution >= 4 is 11.6 Å². The van der Waals surface area contributed by atoms with E-state index in [1.165, 1.54) is 12.3 Å². The summed E-state index contributed by atoms with van der Waals surface area (Å²) in [6.07, 6.45) is 2.56. The third-order valence-electron chi connectivity index (χ3n) is 2.79. The number of hydrogen-bond donors (Lipinski definition) is 1. The van der Waals surface area contributed by atoms with Crippen LogP contribution in [-0.4, -0.2) is 11.5 Å². The van der Waals surface area contributed by atoms with Gasteiger partial charge in [-0.15, -0.1) is 0 Å². The lowest BCUT2D eigenvalue weighted by Crippen LogP contribution is -2.19. The zero-order valence-corrected chi connectivity index (χ0v) is 11.7. The molecule has 0 radical (unpaired) electrons. The Labute approximate surface area is 116 Å². The second kappa shape index (κ2) is 6.17. The Morgan fingerprint density at radius 2 is 2.26 bits per heavy atom. The molecule has 2 aromatic rings. The molecule has 0 amide bonds. The van der Waals surface area contributed by atoms with E-state index in [4.69, 9.17) is 16.0 Å². The van der Waals surface area contributed by atoms with Crippen molar-refractivity contribution in [2.75, 3.05) is 6.54 Å². The van der Waals surface area contributed by atoms with Gasteiger partial charge in [-0.1, -0.05) is 18.5 Å². The average molecular weight is 283 g/mol. The van der Waals surface area contributed by atoms with Crippen LogP contribution in [0.4, 0.5) is 4.39 Å². The number of rotatable bonds is 5. The molecule has 1 aromatic carbocycles. The van der Waals surface area contributed by atoms with Gasteiger partial charge in [0.25, 0.3) is 0 Å². The fraction of sp³-hybridized carbons (Fsp3) is 0.357. The summed E-state index contributed by atoms with van der Waals surface area (Å²) in [7, 11) is 0. The summed E-state index contributed by atoms with van der Waals surface area (Å²) in [6.45, 7) is 4.93. The van der Waals surface area contributed by atoms with E-state index >= 15 is 0 Å². The minimum atomic E-state index is -0.413. The van der Waals surface area contributed by atoms with Crippen LogP contribution in [0.25, 0.3) is 11.3 Å². The molecule has 0 saturated heterocycles. The quantitative estimate of drug-likeness (QED) is 0.893. The topological polar surface area (TPSA) is 38.1 Å². The number of nitrogens with zero attached hydrogens (tertiary/aromatic N) is 1. The highest BCUT2D eigenvalue weighted by molar-refractivity contribution is 6.30. The first-order valence-corrected chi connectivity index (χ1v) is 6.64. The van der Waals surface area contributed by atoms with Crippen molar-refractivity contribution in [2.45, 2.75) is 26.3 Å². The van der Waals surface area contributed by atoms with Crippen molar-refractivity contribution in [1.82, 2.24) is 10.3 Å². The van der Waals surface area contributed by atoms with E-state index in [-0.39, 0.29) is 6.04 Å². The van der Waals surface area contributed by atoms with Gasteiger partial charge in [0, 0.05) is 5.02 Å². The molecule has 0 bridgehead atoms. The van der Waals surface area contributed by atoms with E-state index in [0.717, 1.165) is 13.0 Å². The molecule has 1 atom stereocenters. The van der Waals surface area contributed by atoms with Gasteiger partial charge in [-0.05, 0) is 38.1 Å². The number of oxazole rings is 1. The monoisotopic (exact) mass is 282 g/mol. The largest absolute Gasteiger partial charge is 0.439 e. The number of halogens is 2. The average Bonchev–Trinajstić information content (AvgIpc) is 2.85. The number of hydrogen-bond acceptors (Lipinski definition) is 3. The van der Waals surface area contributed by atoms with Crippen LogP contribution >= 0.6 is 11.6 Å². The predicted molar refractivity (Wildman–Crippen MR) is 73.6 cm³/mol. The molecule has 1 heterocycles. The lowest BCUT2D eigenvalue weighted by Gasteiger charge is -2.08. The first-order valence-electron chi connectivity index (χ1n) is 6.26. The molecule has 5 heteroatoms. The Bertz CT molecular complexity index is 556. The zero-order chi connectivity index (χ0) is 13.8. The molecule has 0 saturated carbocycles. The van der Waals surface area contributed by atoms with Crippen LogP contribution in [0.2, 0.25) is 5.02 Å². The second-order valence-electron chi connectivity index (χ2n) is 4.36. The van der Waals surface area contributed by atoms with E-state index in [2.05, 4.69) is 17.2 Å². The molecule has 1 unspecified atom stereocenters. The maximum absolute atomic E-state index is 13.8. The highest BCUT2D eigenvalue weighted by Crippen LogP contribution is 2.27. The molecule has 3 nitrogen and oxygen atoms in total. The van der Waals surface area contributed by atoms with Crippen molar-refractivity contribution in [3.63, 3.8) is 0 Å². The van der Waals surface area contributed by atoms with Gasteiger partial charge in [0.05, 0.1) is 17.8 Å². The Morgan fingerprint density at radius 3 is 2.95 bits per heavy atom. The fourth-order valence-corrected chi connectivity index (χ4v) is 1.91. The summed E-state index contributed by atoms with van der Waals surface area (Å²) in [4.78, 5) is 4.18. The molecular weight excluding hydrogens is 267 g/mol. The minimum absolute atomic E-state index is 0.00376. The SMILES string of the molecule is CCCNC(C)c1ncc(-c2ccc(Cl)cc2F)o1. The summed E-state index contributed by atoms with van der Waals surface area (Å²) in [5, 5.41) is 3.63. The van der Waals surface area contributed by atoms with E-state index in [9.17, 15) is 4.39 Å². The molecule has 2 rings (SSSR count). The lowest BCUT2D eigenvalue weighted by atomic mass is 10.2. The molecule has 102 valence electrons. The summed E-state index contributed by atoms with van der Waals surface area (Å²) in [5.74, 6) is 0.552. The molecule has 0 aliphatic carbocycles. The van der Waals surface area contributed by atoms with E-state index < -0.39 is 5.82 Å². The van der Waals surface area contributed by atoms with Crippen LogP contribution in [0.15, 0.2) is 28.8 Å². The standard InChI is InChI=1S/C14H16ClFN2O/c1-3-6-17-9(2)14-18-8-13(19-14)11-5-4-10(15)7-12(11)16/h4-5,7-9,17H,3,6H2,1-2H3. The van der Waals surface area contributed by atoms with Crippen molar-refractivity contribution in [1.29, 1.82) is 0 Å². The first kappa shape index (κ1) is 14.0. The Balaban J connectivity index is 2.20. The normalized spacial score (nSPS) is 12.6. The highest BCUT2D eigenvalue weighted by atomic mass is 35.5. The van der Waals surface area contributed by atoms with Gasteiger partial charge < -0.3 is 9.73 Å². The van der Waals surface area contributed by atoms with Gasteiger partial charge >= 0.3 is 0 Å². The third-order valence-corrected chi connectivity index (χ3v) is 3.03. The Hall–Kier alpha value is -1.39. The van der Waals surface area contributed by atoms with Crippen molar-refractivity contribution in [2.24, 2.45) is 0 Å². The van der Waals surface area contributed by atoms with Gasteiger partial charge in [-0.25, -0.2) is 9.37 Å². The van der Waals surface area contributed by atoms with Crippen LogP contribution in [0.3, 0.4) is 0 Å². The van der Waals surface area contributed by atoms with Crippen molar-refractivity contribution < 1.29 is 8.81 Å². The summed E-state index contributed by atoms with van der Waals surface area (Å²) in [6, 6.07) is 4.48. The Kier molecular flexibility index (Phi) is 4.56. The minimum Gasteiger partial charge on any atom is -0.439 e. The van der Waals surface area contributed by atoms with Gasteiger partial charge in [0.15, 0.2) is 5.76 Å². The van der Waals surface area contributed by atoms with Gasteiger partial charge in [-0.2, -0.15) is 0 Å². The van der Waals surface area contributed by atoms with Gasteiger partial charge in [-0.3, -0.25) is 0 Å². The van der Waals surface area contributed by atoms with E-state index in [1.54, 1.807) is 12.1 Å². The molecule has 19 heavy (non-hydrogen) atoms. The molecule has 1 N–H and O–H groups in total. The smallest absolute Gasteiger partial charge is 0.211 e. The van der Waals surface area contributed by atoms with Crippen LogP contribution in [0.1, 0.15) is 32.2 Å². The number of aromatic nitrogens is 1. The fourth-order valence-electron chi connectivity index (χ4n) is 1.75. The van der Waals surface area contributed by atoms with Crippen LogP contribution in [0.5, 0.6) is 0 Å². The van der Waals surface area contributed by atoms with Gasteiger partial charge in [0.2, 0.25) is 5.89 Å². The zero-order valence-electron chi connectivity index (χ0n) is 10.9. The predicted octanol–water partition coefficient (Wildman–Crippen LogP) is 4.19. The molecule has 0 aliphatic rings. The summed E-state index contributed by atoms with van der Waals surface area (Å²) >= 11 is 5.72. The van der Waals surface area contributed by atoms with E-state index in [0.29, 0.717) is 22.2 Å². The third kappa shape index (κ3) is 3.33. The van der Waals surface area contributed by atoms with Crippen LogP contribution < -0.4 is 5.32 Å². The molecular formula is C14H16ClFN2O. The maximum Gasteiger partial charge on any atom is 0.211 e. The Morgan fingerprint density at radius 1 is 1.47 bits per heavy atom. The van der Waals surface area contributed by atoms with Crippen LogP contribution in [-0.2, 0) is 0 Å². The molecule has 0 spiro atoms. The summed E-state index contributed by atoms with van der Waals surface area (Å²) in [5.41, 5.74) is 0.367. The van der Waals surface area contributed by atoms with Crippen molar-refractivity contribution in [3.8, 4) is 11.3 Å². The lowest BCUT2D eigenvalue weighted by molar-refractivity contribution is 0.422. The second-order valence-corrected chi connectivity index (χ2v) is 4.80. The van der Waals surface area contributed by atoms with Crippen LogP contribution in [0, 0.1) is 5.82 Å². The molecule has 0 aliphatic heterocycles. The maximum atomic E-state index is 13.8.